The van der Waals surface area contributed by atoms with Gasteiger partial charge in [-0.05, 0) is 56.3 Å². The summed E-state index contributed by atoms with van der Waals surface area (Å²) >= 11 is 0. The molecule has 1 fully saturated rings. The van der Waals surface area contributed by atoms with Gasteiger partial charge in [0.05, 0.1) is 49.6 Å². The van der Waals surface area contributed by atoms with Gasteiger partial charge in [-0.15, -0.1) is 0 Å². The van der Waals surface area contributed by atoms with Gasteiger partial charge in [0.25, 0.3) is 5.91 Å². The standard InChI is InChI=1S/C30H31N3O2/c1-3-35-25-12-10-24(11-13-25)29-20-27(26-19-22(2)9-14-28(26)31-29)30(34)33-17-15-32(16-18-33)21-23-7-5-4-6-8-23/h4-14,19-20H,3,15-18,21H2,1-2H3/p+1. The number of hydrogen-bond donors (Lipinski definition) is 1. The smallest absolute Gasteiger partial charge is 0.255 e. The lowest BCUT2D eigenvalue weighted by Crippen LogP contribution is -3.13. The number of carbonyl (C=O) groups excluding carboxylic acids is 1. The summed E-state index contributed by atoms with van der Waals surface area (Å²) < 4.78 is 5.58. The molecular weight excluding hydrogens is 434 g/mol. The molecule has 5 nitrogen and oxygen atoms in total. The van der Waals surface area contributed by atoms with Crippen LogP contribution in [0.1, 0.15) is 28.4 Å². The number of fused-ring (bicyclic) bond motifs is 1. The maximum absolute atomic E-state index is 13.8. The Bertz CT molecular complexity index is 1310. The van der Waals surface area contributed by atoms with Gasteiger partial charge in [-0.25, -0.2) is 4.98 Å². The lowest BCUT2D eigenvalue weighted by atomic mass is 10.0. The number of nitrogens with zero attached hydrogens (tertiary/aromatic N) is 2. The van der Waals surface area contributed by atoms with Crippen molar-refractivity contribution in [3.63, 3.8) is 0 Å². The zero-order valence-corrected chi connectivity index (χ0v) is 20.5. The summed E-state index contributed by atoms with van der Waals surface area (Å²) in [6, 6.07) is 26.6. The maximum atomic E-state index is 13.8. The number of hydrogen-bond acceptors (Lipinski definition) is 3. The predicted molar refractivity (Wildman–Crippen MR) is 140 cm³/mol. The molecule has 0 radical (unpaired) electrons. The first-order valence-electron chi connectivity index (χ1n) is 12.4. The number of nitrogens with one attached hydrogen (secondary N) is 1. The number of rotatable bonds is 6. The minimum atomic E-state index is 0.0916. The van der Waals surface area contributed by atoms with Crippen LogP contribution in [0, 0.1) is 6.92 Å². The van der Waals surface area contributed by atoms with Crippen molar-refractivity contribution < 1.29 is 14.4 Å². The van der Waals surface area contributed by atoms with Gasteiger partial charge in [0.2, 0.25) is 0 Å². The summed E-state index contributed by atoms with van der Waals surface area (Å²) in [5.41, 5.74) is 5.83. The van der Waals surface area contributed by atoms with E-state index in [9.17, 15) is 4.79 Å². The molecule has 0 aliphatic carbocycles. The van der Waals surface area contributed by atoms with Gasteiger partial charge in [-0.2, -0.15) is 0 Å². The molecule has 1 amide bonds. The molecule has 1 saturated heterocycles. The molecule has 2 heterocycles. The highest BCUT2D eigenvalue weighted by atomic mass is 16.5. The third-order valence-corrected chi connectivity index (χ3v) is 6.71. The van der Waals surface area contributed by atoms with Crippen LogP contribution in [-0.2, 0) is 6.54 Å². The molecule has 0 unspecified atom stereocenters. The first-order valence-corrected chi connectivity index (χ1v) is 12.4. The number of benzene rings is 3. The fourth-order valence-corrected chi connectivity index (χ4v) is 4.81. The summed E-state index contributed by atoms with van der Waals surface area (Å²) in [5, 5.41) is 0.920. The number of carbonyl (C=O) groups is 1. The second kappa shape index (κ2) is 10.3. The minimum Gasteiger partial charge on any atom is -0.494 e. The molecule has 5 rings (SSSR count). The normalized spacial score (nSPS) is 14.3. The van der Waals surface area contributed by atoms with E-state index >= 15 is 0 Å². The average Bonchev–Trinajstić information content (AvgIpc) is 2.89. The molecule has 0 spiro atoms. The summed E-state index contributed by atoms with van der Waals surface area (Å²) in [6.07, 6.45) is 0. The number of aromatic nitrogens is 1. The highest BCUT2D eigenvalue weighted by Crippen LogP contribution is 2.28. The van der Waals surface area contributed by atoms with Gasteiger partial charge in [0.1, 0.15) is 12.3 Å². The summed E-state index contributed by atoms with van der Waals surface area (Å²) in [7, 11) is 0. The van der Waals surface area contributed by atoms with Crippen molar-refractivity contribution >= 4 is 16.8 Å². The first-order chi connectivity index (χ1) is 17.1. The molecule has 3 aromatic carbocycles. The van der Waals surface area contributed by atoms with Crippen molar-refractivity contribution in [2.75, 3.05) is 32.8 Å². The van der Waals surface area contributed by atoms with Crippen LogP contribution in [0.25, 0.3) is 22.2 Å². The van der Waals surface area contributed by atoms with E-state index in [2.05, 4.69) is 49.4 Å². The first kappa shape index (κ1) is 23.1. The third kappa shape index (κ3) is 5.20. The molecule has 1 aliphatic heterocycles. The molecule has 178 valence electrons. The second-order valence-electron chi connectivity index (χ2n) is 9.24. The topological polar surface area (TPSA) is 46.9 Å². The van der Waals surface area contributed by atoms with Crippen LogP contribution in [-0.4, -0.2) is 48.6 Å². The van der Waals surface area contributed by atoms with Crippen LogP contribution in [0.15, 0.2) is 78.9 Å². The van der Waals surface area contributed by atoms with Crippen molar-refractivity contribution in [1.29, 1.82) is 0 Å². The maximum Gasteiger partial charge on any atom is 0.255 e. The number of ether oxygens (including phenoxy) is 1. The van der Waals surface area contributed by atoms with Crippen LogP contribution in [0.3, 0.4) is 0 Å². The van der Waals surface area contributed by atoms with E-state index in [-0.39, 0.29) is 5.91 Å². The predicted octanol–water partition coefficient (Wildman–Crippen LogP) is 4.15. The lowest BCUT2D eigenvalue weighted by molar-refractivity contribution is -0.917. The zero-order chi connectivity index (χ0) is 24.2. The lowest BCUT2D eigenvalue weighted by Gasteiger charge is -2.32. The van der Waals surface area contributed by atoms with Crippen LogP contribution in [0.4, 0.5) is 0 Å². The van der Waals surface area contributed by atoms with E-state index < -0.39 is 0 Å². The second-order valence-corrected chi connectivity index (χ2v) is 9.24. The van der Waals surface area contributed by atoms with Gasteiger partial charge in [-0.1, -0.05) is 42.0 Å². The largest absolute Gasteiger partial charge is 0.494 e. The monoisotopic (exact) mass is 466 g/mol. The van der Waals surface area contributed by atoms with E-state index in [1.165, 1.54) is 10.5 Å². The zero-order valence-electron chi connectivity index (χ0n) is 20.5. The third-order valence-electron chi connectivity index (χ3n) is 6.71. The molecule has 0 atom stereocenters. The number of aryl methyl sites for hydroxylation is 1. The van der Waals surface area contributed by atoms with Gasteiger partial charge >= 0.3 is 0 Å². The van der Waals surface area contributed by atoms with Crippen LogP contribution in [0.2, 0.25) is 0 Å². The molecule has 0 bridgehead atoms. The number of pyridine rings is 1. The minimum absolute atomic E-state index is 0.0916. The van der Waals surface area contributed by atoms with E-state index in [0.29, 0.717) is 6.61 Å². The Morgan fingerprint density at radius 2 is 1.71 bits per heavy atom. The highest BCUT2D eigenvalue weighted by Gasteiger charge is 2.26. The van der Waals surface area contributed by atoms with E-state index in [1.807, 2.05) is 48.2 Å². The van der Waals surface area contributed by atoms with Crippen molar-refractivity contribution in [2.45, 2.75) is 20.4 Å². The van der Waals surface area contributed by atoms with E-state index in [1.54, 1.807) is 0 Å². The van der Waals surface area contributed by atoms with Crippen LogP contribution < -0.4 is 9.64 Å². The summed E-state index contributed by atoms with van der Waals surface area (Å²) in [4.78, 5) is 22.2. The van der Waals surface area contributed by atoms with Gasteiger partial charge in [-0.3, -0.25) is 4.79 Å². The fourth-order valence-electron chi connectivity index (χ4n) is 4.81. The van der Waals surface area contributed by atoms with Crippen LogP contribution in [0.5, 0.6) is 5.75 Å². The molecule has 0 saturated carbocycles. The Hall–Kier alpha value is -3.70. The number of amides is 1. The van der Waals surface area contributed by atoms with Gasteiger partial charge < -0.3 is 14.5 Å². The Labute approximate surface area is 207 Å². The average molecular weight is 467 g/mol. The summed E-state index contributed by atoms with van der Waals surface area (Å²) in [5.74, 6) is 0.925. The molecule has 1 aliphatic rings. The summed E-state index contributed by atoms with van der Waals surface area (Å²) in [6.45, 7) is 9.09. The number of piperazine rings is 1. The molecule has 5 heteroatoms. The van der Waals surface area contributed by atoms with E-state index in [4.69, 9.17) is 9.72 Å². The van der Waals surface area contributed by atoms with E-state index in [0.717, 1.165) is 71.8 Å². The Morgan fingerprint density at radius 1 is 0.971 bits per heavy atom. The van der Waals surface area contributed by atoms with Gasteiger partial charge in [0.15, 0.2) is 0 Å². The van der Waals surface area contributed by atoms with Gasteiger partial charge in [0, 0.05) is 16.5 Å². The van der Waals surface area contributed by atoms with Crippen LogP contribution >= 0.6 is 0 Å². The SMILES string of the molecule is CCOc1ccc(-c2cc(C(=O)N3CC[NH+](Cc4ccccc4)CC3)c3cc(C)ccc3n2)cc1. The van der Waals surface area contributed by atoms with Crippen molar-refractivity contribution in [3.8, 4) is 17.0 Å². The fraction of sp³-hybridized carbons (Fsp3) is 0.267. The number of quaternary nitrogens is 1. The Balaban J connectivity index is 1.40. The quantitative estimate of drug-likeness (QED) is 0.464. The molecule has 4 aromatic rings. The Morgan fingerprint density at radius 3 is 2.43 bits per heavy atom. The Kier molecular flexibility index (Phi) is 6.77. The molecule has 1 aromatic heterocycles. The molecule has 1 N–H and O–H groups in total. The molecule has 35 heavy (non-hydrogen) atoms. The van der Waals surface area contributed by atoms with Crippen molar-refractivity contribution in [2.24, 2.45) is 0 Å². The van der Waals surface area contributed by atoms with Crippen molar-refractivity contribution in [3.05, 3.63) is 95.6 Å². The molecular formula is C30H32N3O2+. The highest BCUT2D eigenvalue weighted by molar-refractivity contribution is 6.07. The van der Waals surface area contributed by atoms with Crippen molar-refractivity contribution in [1.82, 2.24) is 9.88 Å².